The van der Waals surface area contributed by atoms with Gasteiger partial charge in [0.1, 0.15) is 10.9 Å². The Bertz CT molecular complexity index is 867. The first-order valence-corrected chi connectivity index (χ1v) is 10.6. The lowest BCUT2D eigenvalue weighted by Crippen LogP contribution is -2.49. The van der Waals surface area contributed by atoms with Crippen LogP contribution in [-0.2, 0) is 14.8 Å². The maximum Gasteiger partial charge on any atom is 0.285 e. The van der Waals surface area contributed by atoms with Crippen molar-refractivity contribution in [2.24, 2.45) is 16.0 Å². The second-order valence-corrected chi connectivity index (χ2v) is 8.99. The zero-order valence-corrected chi connectivity index (χ0v) is 15.7. The minimum Gasteiger partial charge on any atom is -0.343 e. The second-order valence-electron chi connectivity index (χ2n) is 7.41. The van der Waals surface area contributed by atoms with Crippen LogP contribution in [0.2, 0.25) is 0 Å². The minimum absolute atomic E-state index is 0.0652. The Kier molecular flexibility index (Phi) is 4.27. The molecule has 7 nitrogen and oxygen atoms in total. The fraction of sp³-hybridized carbons (Fsp3) is 0.556. The maximum absolute atomic E-state index is 13.2. The molecular formula is C18H24N4O3S. The average Bonchev–Trinajstić information content (AvgIpc) is 3.31. The summed E-state index contributed by atoms with van der Waals surface area (Å²) in [6.07, 6.45) is 2.49. The molecule has 0 radical (unpaired) electrons. The van der Waals surface area contributed by atoms with Gasteiger partial charge in [0, 0.05) is 24.7 Å². The number of rotatable bonds is 2. The molecule has 26 heavy (non-hydrogen) atoms. The summed E-state index contributed by atoms with van der Waals surface area (Å²) in [7, 11) is -3.68. The summed E-state index contributed by atoms with van der Waals surface area (Å²) in [6, 6.07) is 6.65. The highest BCUT2D eigenvalue weighted by molar-refractivity contribution is 7.90. The number of nitrogens with zero attached hydrogens (tertiary/aromatic N) is 3. The number of likely N-dealkylation sites (tertiary alicyclic amines) is 2. The molecule has 0 saturated carbocycles. The first-order chi connectivity index (χ1) is 12.4. The standard InChI is InChI=1S/C18H24N4O3S/c1-12-9-13(10-19)11-22(12)18(23)15-6-4-8-21(15)17-14-5-2-3-7-16(14)26(24,25)20-17/h2-3,5,7,12-13,15H,4,6,8-11,19H2,1H3. The number of fused-ring (bicyclic) bond motifs is 1. The van der Waals surface area contributed by atoms with Gasteiger partial charge in [0.15, 0.2) is 5.84 Å². The summed E-state index contributed by atoms with van der Waals surface area (Å²) in [5.41, 5.74) is 6.39. The van der Waals surface area contributed by atoms with E-state index < -0.39 is 10.0 Å². The van der Waals surface area contributed by atoms with E-state index in [4.69, 9.17) is 5.73 Å². The molecule has 2 N–H and O–H groups in total. The smallest absolute Gasteiger partial charge is 0.285 e. The van der Waals surface area contributed by atoms with E-state index in [2.05, 4.69) is 11.3 Å². The van der Waals surface area contributed by atoms with Crippen LogP contribution in [0.25, 0.3) is 0 Å². The minimum atomic E-state index is -3.68. The number of hydrogen-bond donors (Lipinski definition) is 1. The van der Waals surface area contributed by atoms with Gasteiger partial charge in [0.25, 0.3) is 10.0 Å². The second kappa shape index (κ2) is 6.35. The van der Waals surface area contributed by atoms with Crippen molar-refractivity contribution in [1.82, 2.24) is 9.80 Å². The molecule has 0 aliphatic carbocycles. The molecule has 3 aliphatic heterocycles. The highest BCUT2D eigenvalue weighted by Gasteiger charge is 2.43. The quantitative estimate of drug-likeness (QED) is 0.823. The number of amides is 1. The van der Waals surface area contributed by atoms with E-state index in [-0.39, 0.29) is 22.9 Å². The predicted molar refractivity (Wildman–Crippen MR) is 98.2 cm³/mol. The van der Waals surface area contributed by atoms with E-state index in [1.807, 2.05) is 9.80 Å². The molecule has 3 aliphatic rings. The fourth-order valence-corrected chi connectivity index (χ4v) is 5.60. The Hall–Kier alpha value is -1.93. The highest BCUT2D eigenvalue weighted by atomic mass is 32.2. The van der Waals surface area contributed by atoms with Gasteiger partial charge in [-0.1, -0.05) is 12.1 Å². The molecule has 140 valence electrons. The van der Waals surface area contributed by atoms with E-state index in [0.717, 1.165) is 19.3 Å². The maximum atomic E-state index is 13.2. The Balaban J connectivity index is 1.63. The van der Waals surface area contributed by atoms with Gasteiger partial charge in [-0.25, -0.2) is 0 Å². The third kappa shape index (κ3) is 2.72. The summed E-state index contributed by atoms with van der Waals surface area (Å²) >= 11 is 0. The molecule has 0 bridgehead atoms. The highest BCUT2D eigenvalue weighted by Crippen LogP contribution is 2.33. The number of sulfonamides is 1. The molecular weight excluding hydrogens is 352 g/mol. The Morgan fingerprint density at radius 2 is 2.12 bits per heavy atom. The van der Waals surface area contributed by atoms with Gasteiger partial charge in [-0.2, -0.15) is 8.42 Å². The summed E-state index contributed by atoms with van der Waals surface area (Å²) in [4.78, 5) is 17.2. The first kappa shape index (κ1) is 17.5. The molecule has 2 fully saturated rings. The van der Waals surface area contributed by atoms with Crippen molar-refractivity contribution >= 4 is 21.8 Å². The monoisotopic (exact) mass is 376 g/mol. The van der Waals surface area contributed by atoms with E-state index in [1.165, 1.54) is 0 Å². The van der Waals surface area contributed by atoms with Crippen LogP contribution < -0.4 is 5.73 Å². The van der Waals surface area contributed by atoms with Gasteiger partial charge in [-0.15, -0.1) is 4.40 Å². The van der Waals surface area contributed by atoms with Gasteiger partial charge in [-0.05, 0) is 50.8 Å². The van der Waals surface area contributed by atoms with Crippen molar-refractivity contribution in [1.29, 1.82) is 0 Å². The van der Waals surface area contributed by atoms with Gasteiger partial charge in [-0.3, -0.25) is 4.79 Å². The molecule has 0 aromatic heterocycles. The molecule has 3 unspecified atom stereocenters. The first-order valence-electron chi connectivity index (χ1n) is 9.14. The molecule has 8 heteroatoms. The summed E-state index contributed by atoms with van der Waals surface area (Å²) in [5, 5.41) is 0. The molecule has 3 heterocycles. The number of carbonyl (C=O) groups excluding carboxylic acids is 1. The number of benzene rings is 1. The Morgan fingerprint density at radius 1 is 1.35 bits per heavy atom. The average molecular weight is 376 g/mol. The molecule has 4 rings (SSSR count). The van der Waals surface area contributed by atoms with Crippen molar-refractivity contribution in [3.8, 4) is 0 Å². The number of carbonyl (C=O) groups is 1. The van der Waals surface area contributed by atoms with Crippen molar-refractivity contribution < 1.29 is 13.2 Å². The number of hydrogen-bond acceptors (Lipinski definition) is 5. The van der Waals surface area contributed by atoms with Crippen LogP contribution in [0, 0.1) is 5.92 Å². The van der Waals surface area contributed by atoms with E-state index in [0.29, 0.717) is 37.0 Å². The lowest BCUT2D eigenvalue weighted by Gasteiger charge is -2.31. The normalized spacial score (nSPS) is 29.8. The van der Waals surface area contributed by atoms with Crippen LogP contribution >= 0.6 is 0 Å². The van der Waals surface area contributed by atoms with Crippen LogP contribution in [0.3, 0.4) is 0 Å². The van der Waals surface area contributed by atoms with Crippen molar-refractivity contribution in [3.05, 3.63) is 29.8 Å². The lowest BCUT2D eigenvalue weighted by molar-refractivity contribution is -0.135. The summed E-state index contributed by atoms with van der Waals surface area (Å²) < 4.78 is 28.7. The van der Waals surface area contributed by atoms with Crippen LogP contribution in [0.5, 0.6) is 0 Å². The van der Waals surface area contributed by atoms with Crippen LogP contribution in [0.15, 0.2) is 33.6 Å². The molecule has 2 saturated heterocycles. The Labute approximate surface area is 153 Å². The van der Waals surface area contributed by atoms with E-state index >= 15 is 0 Å². The van der Waals surface area contributed by atoms with E-state index in [1.54, 1.807) is 24.3 Å². The van der Waals surface area contributed by atoms with Gasteiger partial charge < -0.3 is 15.5 Å². The fourth-order valence-electron chi connectivity index (χ4n) is 4.38. The summed E-state index contributed by atoms with van der Waals surface area (Å²) in [6.45, 7) is 3.96. The van der Waals surface area contributed by atoms with Crippen LogP contribution in [0.4, 0.5) is 0 Å². The van der Waals surface area contributed by atoms with Crippen molar-refractivity contribution in [2.45, 2.75) is 43.2 Å². The SMILES string of the molecule is CC1CC(CN)CN1C(=O)C1CCCN1C1=NS(=O)(=O)c2ccccc21. The molecule has 0 spiro atoms. The molecule has 1 aromatic carbocycles. The van der Waals surface area contributed by atoms with Gasteiger partial charge in [0.2, 0.25) is 5.91 Å². The Morgan fingerprint density at radius 3 is 2.85 bits per heavy atom. The third-order valence-corrected chi connectivity index (χ3v) is 7.03. The van der Waals surface area contributed by atoms with Crippen LogP contribution in [0.1, 0.15) is 31.7 Å². The molecule has 1 amide bonds. The molecule has 3 atom stereocenters. The predicted octanol–water partition coefficient (Wildman–Crippen LogP) is 0.796. The van der Waals surface area contributed by atoms with Gasteiger partial charge in [0.05, 0.1) is 0 Å². The summed E-state index contributed by atoms with van der Waals surface area (Å²) in [5.74, 6) is 0.822. The topological polar surface area (TPSA) is 96.1 Å². The van der Waals surface area contributed by atoms with Crippen LogP contribution in [-0.4, -0.2) is 61.7 Å². The lowest BCUT2D eigenvalue weighted by atomic mass is 10.1. The van der Waals surface area contributed by atoms with Crippen molar-refractivity contribution in [3.63, 3.8) is 0 Å². The zero-order chi connectivity index (χ0) is 18.5. The number of nitrogens with two attached hydrogens (primary N) is 1. The molecule has 1 aromatic rings. The van der Waals surface area contributed by atoms with Gasteiger partial charge >= 0.3 is 0 Å². The zero-order valence-electron chi connectivity index (χ0n) is 14.8. The van der Waals surface area contributed by atoms with Crippen molar-refractivity contribution in [2.75, 3.05) is 19.6 Å². The largest absolute Gasteiger partial charge is 0.343 e. The van der Waals surface area contributed by atoms with E-state index in [9.17, 15) is 13.2 Å². The number of amidine groups is 1. The third-order valence-electron chi connectivity index (χ3n) is 5.70.